The number of nitrogens with one attached hydrogen (secondary N) is 1. The van der Waals surface area contributed by atoms with Gasteiger partial charge in [-0.05, 0) is 54.4 Å². The van der Waals surface area contributed by atoms with Crippen molar-refractivity contribution in [2.75, 3.05) is 24.5 Å². The summed E-state index contributed by atoms with van der Waals surface area (Å²) in [6.45, 7) is 7.90. The lowest BCUT2D eigenvalue weighted by molar-refractivity contribution is 0.366. The van der Waals surface area contributed by atoms with Gasteiger partial charge in [-0.2, -0.15) is 0 Å². The van der Waals surface area contributed by atoms with E-state index in [2.05, 4.69) is 64.3 Å². The Labute approximate surface area is 113 Å². The lowest BCUT2D eigenvalue weighted by Gasteiger charge is -2.34. The molecule has 0 spiro atoms. The molecule has 0 saturated carbocycles. The third kappa shape index (κ3) is 3.02. The molecule has 0 radical (unpaired) electrons. The van der Waals surface area contributed by atoms with Gasteiger partial charge in [-0.1, -0.05) is 19.1 Å². The highest BCUT2D eigenvalue weighted by Crippen LogP contribution is 2.28. The van der Waals surface area contributed by atoms with Gasteiger partial charge in [0.25, 0.3) is 0 Å². The van der Waals surface area contributed by atoms with Crippen LogP contribution in [0.15, 0.2) is 28.7 Å². The van der Waals surface area contributed by atoms with Crippen LogP contribution >= 0.6 is 15.9 Å². The average molecular weight is 297 g/mol. The van der Waals surface area contributed by atoms with Crippen LogP contribution in [0.3, 0.4) is 0 Å². The van der Waals surface area contributed by atoms with Crippen molar-refractivity contribution in [3.05, 3.63) is 28.7 Å². The number of halogens is 1. The molecule has 94 valence electrons. The minimum atomic E-state index is 0.228. The molecule has 1 unspecified atom stereocenters. The fourth-order valence-corrected chi connectivity index (χ4v) is 2.90. The van der Waals surface area contributed by atoms with Gasteiger partial charge in [0.2, 0.25) is 0 Å². The first-order chi connectivity index (χ1) is 8.14. The standard InChI is InChI=1S/C14H21BrN2/c1-3-14(2)11-17(10-6-9-16-14)13-8-5-4-7-12(13)15/h4-5,7-8,16H,3,6,9-11H2,1-2H3. The molecule has 0 aliphatic carbocycles. The number of anilines is 1. The maximum atomic E-state index is 3.67. The lowest BCUT2D eigenvalue weighted by atomic mass is 9.98. The zero-order chi connectivity index (χ0) is 12.3. The summed E-state index contributed by atoms with van der Waals surface area (Å²) in [5.74, 6) is 0. The van der Waals surface area contributed by atoms with Gasteiger partial charge in [-0.15, -0.1) is 0 Å². The number of para-hydroxylation sites is 1. The third-order valence-corrected chi connectivity index (χ3v) is 4.34. The van der Waals surface area contributed by atoms with Crippen LogP contribution in [-0.4, -0.2) is 25.2 Å². The highest BCUT2D eigenvalue weighted by molar-refractivity contribution is 9.10. The zero-order valence-electron chi connectivity index (χ0n) is 10.7. The van der Waals surface area contributed by atoms with Crippen molar-refractivity contribution < 1.29 is 0 Å². The van der Waals surface area contributed by atoms with Crippen molar-refractivity contribution in [3.8, 4) is 0 Å². The van der Waals surface area contributed by atoms with Gasteiger partial charge in [0.15, 0.2) is 0 Å². The molecule has 1 aliphatic rings. The van der Waals surface area contributed by atoms with E-state index in [9.17, 15) is 0 Å². The Bertz CT molecular complexity index is 380. The summed E-state index contributed by atoms with van der Waals surface area (Å²) >= 11 is 3.65. The quantitative estimate of drug-likeness (QED) is 0.900. The number of hydrogen-bond acceptors (Lipinski definition) is 2. The molecular formula is C14H21BrN2. The summed E-state index contributed by atoms with van der Waals surface area (Å²) in [6.07, 6.45) is 2.37. The molecular weight excluding hydrogens is 276 g/mol. The van der Waals surface area contributed by atoms with E-state index in [-0.39, 0.29) is 5.54 Å². The maximum Gasteiger partial charge on any atom is 0.0511 e. The molecule has 1 atom stereocenters. The maximum absolute atomic E-state index is 3.67. The zero-order valence-corrected chi connectivity index (χ0v) is 12.3. The number of nitrogens with zero attached hydrogens (tertiary/aromatic N) is 1. The van der Waals surface area contributed by atoms with Crippen molar-refractivity contribution in [3.63, 3.8) is 0 Å². The predicted octanol–water partition coefficient (Wildman–Crippen LogP) is 3.42. The Kier molecular flexibility index (Phi) is 4.10. The van der Waals surface area contributed by atoms with Crippen LogP contribution in [0.4, 0.5) is 5.69 Å². The van der Waals surface area contributed by atoms with E-state index < -0.39 is 0 Å². The van der Waals surface area contributed by atoms with E-state index in [0.29, 0.717) is 0 Å². The van der Waals surface area contributed by atoms with Gasteiger partial charge in [-0.3, -0.25) is 0 Å². The van der Waals surface area contributed by atoms with Crippen molar-refractivity contribution in [2.45, 2.75) is 32.2 Å². The van der Waals surface area contributed by atoms with Gasteiger partial charge >= 0.3 is 0 Å². The Balaban J connectivity index is 2.23. The van der Waals surface area contributed by atoms with Gasteiger partial charge in [0.1, 0.15) is 0 Å². The van der Waals surface area contributed by atoms with Crippen LogP contribution in [0.2, 0.25) is 0 Å². The summed E-state index contributed by atoms with van der Waals surface area (Å²) in [5, 5.41) is 3.67. The van der Waals surface area contributed by atoms with Crippen molar-refractivity contribution in [1.82, 2.24) is 5.32 Å². The second kappa shape index (κ2) is 5.40. The first-order valence-corrected chi connectivity index (χ1v) is 7.18. The lowest BCUT2D eigenvalue weighted by Crippen LogP contribution is -2.48. The summed E-state index contributed by atoms with van der Waals surface area (Å²) in [4.78, 5) is 2.49. The molecule has 1 fully saturated rings. The molecule has 3 heteroatoms. The molecule has 17 heavy (non-hydrogen) atoms. The minimum Gasteiger partial charge on any atom is -0.369 e. The fraction of sp³-hybridized carbons (Fsp3) is 0.571. The SMILES string of the molecule is CCC1(C)CN(c2ccccc2Br)CCCN1. The molecule has 1 aromatic rings. The Morgan fingerprint density at radius 1 is 1.41 bits per heavy atom. The van der Waals surface area contributed by atoms with Gasteiger partial charge in [0.05, 0.1) is 5.69 Å². The summed E-state index contributed by atoms with van der Waals surface area (Å²) < 4.78 is 1.19. The fourth-order valence-electron chi connectivity index (χ4n) is 2.37. The molecule has 0 bridgehead atoms. The summed E-state index contributed by atoms with van der Waals surface area (Å²) in [7, 11) is 0. The van der Waals surface area contributed by atoms with E-state index in [4.69, 9.17) is 0 Å². The Morgan fingerprint density at radius 2 is 2.18 bits per heavy atom. The van der Waals surface area contributed by atoms with E-state index in [1.54, 1.807) is 0 Å². The van der Waals surface area contributed by atoms with Gasteiger partial charge < -0.3 is 10.2 Å². The molecule has 1 aromatic carbocycles. The molecule has 1 heterocycles. The molecule has 2 nitrogen and oxygen atoms in total. The molecule has 1 saturated heterocycles. The van der Waals surface area contributed by atoms with Gasteiger partial charge in [-0.25, -0.2) is 0 Å². The van der Waals surface area contributed by atoms with Crippen LogP contribution in [0, 0.1) is 0 Å². The van der Waals surface area contributed by atoms with Crippen molar-refractivity contribution >= 4 is 21.6 Å². The highest BCUT2D eigenvalue weighted by atomic mass is 79.9. The molecule has 2 rings (SSSR count). The van der Waals surface area contributed by atoms with E-state index in [0.717, 1.165) is 26.1 Å². The number of benzene rings is 1. The normalized spacial score (nSPS) is 25.7. The topological polar surface area (TPSA) is 15.3 Å². The van der Waals surface area contributed by atoms with Crippen LogP contribution in [0.1, 0.15) is 26.7 Å². The smallest absolute Gasteiger partial charge is 0.0511 e. The highest BCUT2D eigenvalue weighted by Gasteiger charge is 2.27. The van der Waals surface area contributed by atoms with E-state index in [1.807, 2.05) is 0 Å². The first-order valence-electron chi connectivity index (χ1n) is 6.39. The number of hydrogen-bond donors (Lipinski definition) is 1. The largest absolute Gasteiger partial charge is 0.369 e. The average Bonchev–Trinajstić information content (AvgIpc) is 2.53. The second-order valence-corrected chi connectivity index (χ2v) is 5.92. The summed E-state index contributed by atoms with van der Waals surface area (Å²) in [5.41, 5.74) is 1.54. The summed E-state index contributed by atoms with van der Waals surface area (Å²) in [6, 6.07) is 8.51. The van der Waals surface area contributed by atoms with E-state index in [1.165, 1.54) is 16.6 Å². The van der Waals surface area contributed by atoms with Crippen LogP contribution < -0.4 is 10.2 Å². The Hall–Kier alpha value is -0.540. The Morgan fingerprint density at radius 3 is 2.88 bits per heavy atom. The van der Waals surface area contributed by atoms with Crippen LogP contribution in [0.25, 0.3) is 0 Å². The van der Waals surface area contributed by atoms with Crippen molar-refractivity contribution in [2.24, 2.45) is 0 Å². The second-order valence-electron chi connectivity index (χ2n) is 5.07. The molecule has 0 amide bonds. The predicted molar refractivity (Wildman–Crippen MR) is 77.7 cm³/mol. The third-order valence-electron chi connectivity index (χ3n) is 3.67. The molecule has 1 aliphatic heterocycles. The molecule has 1 N–H and O–H groups in total. The van der Waals surface area contributed by atoms with Crippen molar-refractivity contribution in [1.29, 1.82) is 0 Å². The first kappa shape index (κ1) is 12.9. The monoisotopic (exact) mass is 296 g/mol. The van der Waals surface area contributed by atoms with Crippen LogP contribution in [-0.2, 0) is 0 Å². The number of rotatable bonds is 2. The van der Waals surface area contributed by atoms with E-state index >= 15 is 0 Å². The molecule has 0 aromatic heterocycles. The minimum absolute atomic E-state index is 0.228. The van der Waals surface area contributed by atoms with Gasteiger partial charge in [0, 0.05) is 23.1 Å². The van der Waals surface area contributed by atoms with Crippen LogP contribution in [0.5, 0.6) is 0 Å².